The molecule has 26 heavy (non-hydrogen) atoms. The van der Waals surface area contributed by atoms with Crippen LogP contribution in [0.4, 0.5) is 5.69 Å². The Labute approximate surface area is 158 Å². The zero-order valence-electron chi connectivity index (χ0n) is 14.7. The van der Waals surface area contributed by atoms with E-state index in [1.165, 1.54) is 0 Å². The number of carbonyl (C=O) groups is 2. The summed E-state index contributed by atoms with van der Waals surface area (Å²) in [4.78, 5) is 24.6. The van der Waals surface area contributed by atoms with Crippen LogP contribution in [0, 0.1) is 0 Å². The number of nitrogens with one attached hydrogen (secondary N) is 2. The summed E-state index contributed by atoms with van der Waals surface area (Å²) in [6, 6.07) is 15.1. The SMILES string of the molecule is C[C@@H]([NH2+]CC(=O)Nc1ccccc1C(=O)NC1CC1)c1ccc(Cl)cc1. The molecule has 1 aliphatic rings. The molecular formula is C20H23ClN3O2+. The van der Waals surface area contributed by atoms with Crippen molar-refractivity contribution in [1.29, 1.82) is 0 Å². The molecule has 1 aliphatic carbocycles. The third-order valence-electron chi connectivity index (χ3n) is 4.41. The maximum absolute atomic E-state index is 12.3. The highest BCUT2D eigenvalue weighted by Crippen LogP contribution is 2.21. The molecule has 0 saturated heterocycles. The Balaban J connectivity index is 1.56. The van der Waals surface area contributed by atoms with Crippen LogP contribution in [-0.4, -0.2) is 24.4 Å². The van der Waals surface area contributed by atoms with E-state index in [1.54, 1.807) is 18.2 Å². The lowest BCUT2D eigenvalue weighted by Crippen LogP contribution is -2.86. The summed E-state index contributed by atoms with van der Waals surface area (Å²) in [7, 11) is 0. The molecule has 2 amide bonds. The molecule has 0 unspecified atom stereocenters. The van der Waals surface area contributed by atoms with Crippen LogP contribution < -0.4 is 16.0 Å². The van der Waals surface area contributed by atoms with Gasteiger partial charge in [0.05, 0.1) is 11.3 Å². The van der Waals surface area contributed by atoms with E-state index in [0.717, 1.165) is 18.4 Å². The number of anilines is 1. The number of nitrogens with two attached hydrogens (primary N) is 1. The molecule has 2 aromatic carbocycles. The molecular weight excluding hydrogens is 350 g/mol. The van der Waals surface area contributed by atoms with Gasteiger partial charge in [-0.3, -0.25) is 9.59 Å². The van der Waals surface area contributed by atoms with Crippen LogP contribution in [-0.2, 0) is 4.79 Å². The number of hydrogen-bond acceptors (Lipinski definition) is 2. The number of carbonyl (C=O) groups excluding carboxylic acids is 2. The number of hydrogen-bond donors (Lipinski definition) is 3. The van der Waals surface area contributed by atoms with Gasteiger partial charge in [0.15, 0.2) is 6.54 Å². The van der Waals surface area contributed by atoms with E-state index in [1.807, 2.05) is 42.6 Å². The Hall–Kier alpha value is -2.37. The summed E-state index contributed by atoms with van der Waals surface area (Å²) in [5.41, 5.74) is 2.15. The molecule has 0 heterocycles. The predicted molar refractivity (Wildman–Crippen MR) is 102 cm³/mol. The first-order valence-corrected chi connectivity index (χ1v) is 9.19. The molecule has 3 rings (SSSR count). The highest BCUT2D eigenvalue weighted by molar-refractivity contribution is 6.30. The fourth-order valence-corrected chi connectivity index (χ4v) is 2.79. The van der Waals surface area contributed by atoms with E-state index < -0.39 is 0 Å². The van der Waals surface area contributed by atoms with Gasteiger partial charge >= 0.3 is 0 Å². The Morgan fingerprint density at radius 1 is 1.15 bits per heavy atom. The van der Waals surface area contributed by atoms with Gasteiger partial charge in [0, 0.05) is 16.6 Å². The number of quaternary nitrogens is 1. The summed E-state index contributed by atoms with van der Waals surface area (Å²) in [6.07, 6.45) is 2.05. The molecule has 5 nitrogen and oxygen atoms in total. The van der Waals surface area contributed by atoms with Gasteiger partial charge in [-0.15, -0.1) is 0 Å². The lowest BCUT2D eigenvalue weighted by Gasteiger charge is -2.13. The molecule has 136 valence electrons. The summed E-state index contributed by atoms with van der Waals surface area (Å²) in [5.74, 6) is -0.278. The summed E-state index contributed by atoms with van der Waals surface area (Å²) in [5, 5.41) is 8.44. The standard InChI is InChI=1S/C20H22ClN3O2/c1-13(14-6-8-15(21)9-7-14)22-12-19(25)24-18-5-3-2-4-17(18)20(26)23-16-10-11-16/h2-9,13,16,22H,10-12H2,1H3,(H,23,26)(H,24,25)/p+1/t13-/m1/s1. The monoisotopic (exact) mass is 372 g/mol. The average Bonchev–Trinajstić information content (AvgIpc) is 3.44. The highest BCUT2D eigenvalue weighted by Gasteiger charge is 2.25. The van der Waals surface area contributed by atoms with Crippen LogP contribution in [0.25, 0.3) is 0 Å². The zero-order chi connectivity index (χ0) is 18.5. The third kappa shape index (κ3) is 5.07. The summed E-state index contributed by atoms with van der Waals surface area (Å²) in [6.45, 7) is 2.30. The second-order valence-corrected chi connectivity index (χ2v) is 7.06. The van der Waals surface area contributed by atoms with E-state index >= 15 is 0 Å². The van der Waals surface area contributed by atoms with Crippen molar-refractivity contribution in [2.75, 3.05) is 11.9 Å². The minimum absolute atomic E-state index is 0.131. The summed E-state index contributed by atoms with van der Waals surface area (Å²) >= 11 is 5.90. The first kappa shape index (κ1) is 18.4. The van der Waals surface area contributed by atoms with Crippen molar-refractivity contribution in [3.8, 4) is 0 Å². The zero-order valence-corrected chi connectivity index (χ0v) is 15.4. The van der Waals surface area contributed by atoms with Gasteiger partial charge < -0.3 is 16.0 Å². The van der Waals surface area contributed by atoms with Crippen molar-refractivity contribution in [1.82, 2.24) is 5.32 Å². The molecule has 2 aromatic rings. The van der Waals surface area contributed by atoms with Gasteiger partial charge in [-0.2, -0.15) is 0 Å². The van der Waals surface area contributed by atoms with Gasteiger partial charge in [-0.25, -0.2) is 0 Å². The Morgan fingerprint density at radius 3 is 2.54 bits per heavy atom. The van der Waals surface area contributed by atoms with E-state index in [4.69, 9.17) is 11.6 Å². The number of halogens is 1. The first-order valence-electron chi connectivity index (χ1n) is 8.81. The average molecular weight is 373 g/mol. The van der Waals surface area contributed by atoms with Crippen LogP contribution in [0.2, 0.25) is 5.02 Å². The van der Waals surface area contributed by atoms with Crippen molar-refractivity contribution >= 4 is 29.1 Å². The van der Waals surface area contributed by atoms with Gasteiger partial charge in [-0.05, 0) is 44.0 Å². The minimum atomic E-state index is -0.141. The molecule has 0 bridgehead atoms. The van der Waals surface area contributed by atoms with Crippen LogP contribution in [0.5, 0.6) is 0 Å². The Kier molecular flexibility index (Phi) is 5.91. The first-order chi connectivity index (χ1) is 12.5. The molecule has 4 N–H and O–H groups in total. The van der Waals surface area contributed by atoms with Gasteiger partial charge in [-0.1, -0.05) is 35.9 Å². The van der Waals surface area contributed by atoms with E-state index in [0.29, 0.717) is 16.3 Å². The Bertz CT molecular complexity index is 788. The maximum atomic E-state index is 12.3. The fraction of sp³-hybridized carbons (Fsp3) is 0.300. The minimum Gasteiger partial charge on any atom is -0.349 e. The fourth-order valence-electron chi connectivity index (χ4n) is 2.67. The molecule has 0 radical (unpaired) electrons. The quantitative estimate of drug-likeness (QED) is 0.698. The van der Waals surface area contributed by atoms with Crippen LogP contribution >= 0.6 is 11.6 Å². The molecule has 1 atom stereocenters. The number of rotatable bonds is 7. The lowest BCUT2D eigenvalue weighted by atomic mass is 10.1. The number of benzene rings is 2. The van der Waals surface area contributed by atoms with E-state index in [9.17, 15) is 9.59 Å². The van der Waals surface area contributed by atoms with Crippen molar-refractivity contribution in [2.45, 2.75) is 31.8 Å². The van der Waals surface area contributed by atoms with Gasteiger partial charge in [0.2, 0.25) is 0 Å². The van der Waals surface area contributed by atoms with Gasteiger partial charge in [0.1, 0.15) is 6.04 Å². The summed E-state index contributed by atoms with van der Waals surface area (Å²) < 4.78 is 0. The third-order valence-corrected chi connectivity index (χ3v) is 4.66. The maximum Gasteiger partial charge on any atom is 0.279 e. The Morgan fingerprint density at radius 2 is 1.85 bits per heavy atom. The van der Waals surface area contributed by atoms with Crippen LogP contribution in [0.1, 0.15) is 41.7 Å². The van der Waals surface area contributed by atoms with E-state index in [2.05, 4.69) is 10.6 Å². The second-order valence-electron chi connectivity index (χ2n) is 6.62. The lowest BCUT2D eigenvalue weighted by molar-refractivity contribution is -0.682. The smallest absolute Gasteiger partial charge is 0.279 e. The number of amides is 2. The highest BCUT2D eigenvalue weighted by atomic mass is 35.5. The molecule has 6 heteroatoms. The predicted octanol–water partition coefficient (Wildman–Crippen LogP) is 2.50. The van der Waals surface area contributed by atoms with Crippen LogP contribution in [0.3, 0.4) is 0 Å². The topological polar surface area (TPSA) is 74.8 Å². The largest absolute Gasteiger partial charge is 0.349 e. The molecule has 0 spiro atoms. The van der Waals surface area contributed by atoms with Crippen molar-refractivity contribution in [2.24, 2.45) is 0 Å². The normalized spacial score (nSPS) is 14.5. The van der Waals surface area contributed by atoms with Crippen molar-refractivity contribution in [3.05, 3.63) is 64.7 Å². The molecule has 0 aromatic heterocycles. The van der Waals surface area contributed by atoms with Gasteiger partial charge in [0.25, 0.3) is 11.8 Å². The molecule has 1 fully saturated rings. The van der Waals surface area contributed by atoms with E-state index in [-0.39, 0.29) is 30.4 Å². The van der Waals surface area contributed by atoms with Crippen LogP contribution in [0.15, 0.2) is 48.5 Å². The molecule has 0 aliphatic heterocycles. The second kappa shape index (κ2) is 8.34. The van der Waals surface area contributed by atoms with Crippen molar-refractivity contribution in [3.63, 3.8) is 0 Å². The molecule has 1 saturated carbocycles. The number of para-hydroxylation sites is 1. The van der Waals surface area contributed by atoms with Crippen molar-refractivity contribution < 1.29 is 14.9 Å².